The van der Waals surface area contributed by atoms with Gasteiger partial charge in [0.25, 0.3) is 0 Å². The zero-order chi connectivity index (χ0) is 12.7. The molecule has 0 aromatic heterocycles. The van der Waals surface area contributed by atoms with E-state index in [0.29, 0.717) is 24.2 Å². The Morgan fingerprint density at radius 2 is 2.35 bits per heavy atom. The molecule has 0 saturated heterocycles. The highest BCUT2D eigenvalue weighted by Crippen LogP contribution is 2.13. The number of aromatic carboxylic acids is 1. The van der Waals surface area contributed by atoms with Crippen molar-refractivity contribution in [2.45, 2.75) is 6.42 Å². The molecular formula is C11H10N4O2. The fourth-order valence-corrected chi connectivity index (χ4v) is 1.12. The Balaban J connectivity index is 2.78. The van der Waals surface area contributed by atoms with E-state index < -0.39 is 5.97 Å². The number of nitrogen functional groups attached to an aromatic ring is 1. The number of carbonyl (C=O) groups is 1. The third-order valence-electron chi connectivity index (χ3n) is 1.92. The number of carboxylic acids is 1. The summed E-state index contributed by atoms with van der Waals surface area (Å²) in [5, 5.41) is 12.1. The lowest BCUT2D eigenvalue weighted by molar-refractivity contribution is 0.0697. The van der Waals surface area contributed by atoms with Crippen molar-refractivity contribution in [3.63, 3.8) is 0 Å². The van der Waals surface area contributed by atoms with Gasteiger partial charge in [-0.1, -0.05) is 17.0 Å². The van der Waals surface area contributed by atoms with E-state index in [1.54, 1.807) is 6.07 Å². The summed E-state index contributed by atoms with van der Waals surface area (Å²) in [7, 11) is 0. The molecule has 3 N–H and O–H groups in total. The first kappa shape index (κ1) is 12.4. The smallest absolute Gasteiger partial charge is 0.335 e. The summed E-state index contributed by atoms with van der Waals surface area (Å²) >= 11 is 0. The van der Waals surface area contributed by atoms with Crippen LogP contribution in [0.1, 0.15) is 22.3 Å². The molecule has 17 heavy (non-hydrogen) atoms. The van der Waals surface area contributed by atoms with E-state index in [9.17, 15) is 4.79 Å². The van der Waals surface area contributed by atoms with Crippen LogP contribution in [0.15, 0.2) is 23.3 Å². The maximum absolute atomic E-state index is 10.7. The normalized spacial score (nSPS) is 8.71. The van der Waals surface area contributed by atoms with E-state index in [2.05, 4.69) is 21.9 Å². The van der Waals surface area contributed by atoms with Crippen LogP contribution in [-0.2, 0) is 0 Å². The van der Waals surface area contributed by atoms with Crippen molar-refractivity contribution in [2.75, 3.05) is 12.3 Å². The molecule has 86 valence electrons. The second-order valence-corrected chi connectivity index (χ2v) is 3.11. The van der Waals surface area contributed by atoms with Crippen LogP contribution in [0, 0.1) is 11.8 Å². The molecule has 0 aliphatic heterocycles. The Kier molecular flexibility index (Phi) is 4.43. The number of hydrogen-bond acceptors (Lipinski definition) is 3. The second-order valence-electron chi connectivity index (χ2n) is 3.11. The number of hydrogen-bond donors (Lipinski definition) is 2. The minimum absolute atomic E-state index is 0.127. The number of nitrogens with zero attached hydrogens (tertiary/aromatic N) is 3. The molecule has 1 aromatic carbocycles. The van der Waals surface area contributed by atoms with Gasteiger partial charge in [-0.2, -0.15) is 0 Å². The Morgan fingerprint density at radius 3 is 2.94 bits per heavy atom. The van der Waals surface area contributed by atoms with E-state index in [0.717, 1.165) is 0 Å². The highest BCUT2D eigenvalue weighted by molar-refractivity contribution is 5.89. The van der Waals surface area contributed by atoms with Gasteiger partial charge in [-0.15, -0.1) is 0 Å². The molecule has 6 nitrogen and oxygen atoms in total. The van der Waals surface area contributed by atoms with E-state index in [4.69, 9.17) is 16.4 Å². The molecule has 0 saturated carbocycles. The van der Waals surface area contributed by atoms with Gasteiger partial charge in [0.15, 0.2) is 0 Å². The number of rotatable bonds is 3. The predicted molar refractivity (Wildman–Crippen MR) is 63.3 cm³/mol. The third kappa shape index (κ3) is 3.78. The summed E-state index contributed by atoms with van der Waals surface area (Å²) in [6.45, 7) is 0.302. The zero-order valence-corrected chi connectivity index (χ0v) is 8.92. The Bertz CT molecular complexity index is 536. The molecule has 0 aliphatic carbocycles. The summed E-state index contributed by atoms with van der Waals surface area (Å²) in [6.07, 6.45) is 0.435. The molecule has 0 atom stereocenters. The highest BCUT2D eigenvalue weighted by atomic mass is 16.4. The molecule has 1 aromatic rings. The Labute approximate surface area is 97.7 Å². The molecule has 1 rings (SSSR count). The predicted octanol–water partition coefficient (Wildman–Crippen LogP) is 2.02. The molecule has 0 heterocycles. The summed E-state index contributed by atoms with van der Waals surface area (Å²) in [4.78, 5) is 13.3. The average molecular weight is 230 g/mol. The summed E-state index contributed by atoms with van der Waals surface area (Å²) < 4.78 is 0. The number of nitrogens with two attached hydrogens (primary N) is 1. The molecule has 0 radical (unpaired) electrons. The standard InChI is InChI=1S/C11H10N4O2/c12-10-7-9(11(16)17)5-4-8(10)3-1-2-6-14-15-13/h4-5,7H,2,6,12H2,(H,16,17). The van der Waals surface area contributed by atoms with Crippen LogP contribution in [0.2, 0.25) is 0 Å². The molecule has 0 unspecified atom stereocenters. The minimum atomic E-state index is -1.03. The van der Waals surface area contributed by atoms with Crippen LogP contribution >= 0.6 is 0 Å². The van der Waals surface area contributed by atoms with Crippen LogP contribution in [0.5, 0.6) is 0 Å². The summed E-state index contributed by atoms with van der Waals surface area (Å²) in [6, 6.07) is 4.36. The molecule has 0 amide bonds. The van der Waals surface area contributed by atoms with Gasteiger partial charge in [0.1, 0.15) is 0 Å². The Morgan fingerprint density at radius 1 is 1.59 bits per heavy atom. The molecule has 0 spiro atoms. The van der Waals surface area contributed by atoms with Crippen LogP contribution in [0.3, 0.4) is 0 Å². The van der Waals surface area contributed by atoms with Gasteiger partial charge in [-0.05, 0) is 23.7 Å². The molecular weight excluding hydrogens is 220 g/mol. The van der Waals surface area contributed by atoms with Crippen molar-refractivity contribution in [3.8, 4) is 11.8 Å². The molecule has 6 heteroatoms. The zero-order valence-electron chi connectivity index (χ0n) is 8.92. The van der Waals surface area contributed by atoms with Crippen molar-refractivity contribution >= 4 is 11.7 Å². The van der Waals surface area contributed by atoms with Crippen molar-refractivity contribution in [2.24, 2.45) is 5.11 Å². The van der Waals surface area contributed by atoms with Gasteiger partial charge < -0.3 is 10.8 Å². The quantitative estimate of drug-likeness (QED) is 0.207. The Hall–Kier alpha value is -2.64. The highest BCUT2D eigenvalue weighted by Gasteiger charge is 2.04. The first-order chi connectivity index (χ1) is 8.15. The van der Waals surface area contributed by atoms with E-state index in [-0.39, 0.29) is 5.56 Å². The van der Waals surface area contributed by atoms with Crippen LogP contribution < -0.4 is 5.73 Å². The lowest BCUT2D eigenvalue weighted by Crippen LogP contribution is -1.99. The van der Waals surface area contributed by atoms with E-state index >= 15 is 0 Å². The lowest BCUT2D eigenvalue weighted by atomic mass is 10.1. The van der Waals surface area contributed by atoms with Gasteiger partial charge in [-0.3, -0.25) is 0 Å². The van der Waals surface area contributed by atoms with E-state index in [1.165, 1.54) is 12.1 Å². The summed E-state index contributed by atoms with van der Waals surface area (Å²) in [5.74, 6) is 4.54. The topological polar surface area (TPSA) is 112 Å². The monoisotopic (exact) mass is 230 g/mol. The van der Waals surface area contributed by atoms with Gasteiger partial charge in [-0.25, -0.2) is 4.79 Å². The van der Waals surface area contributed by atoms with Crippen LogP contribution in [0.25, 0.3) is 10.4 Å². The van der Waals surface area contributed by atoms with Crippen molar-refractivity contribution in [1.82, 2.24) is 0 Å². The summed E-state index contributed by atoms with van der Waals surface area (Å²) in [5.41, 5.74) is 14.7. The average Bonchev–Trinajstić information content (AvgIpc) is 2.30. The number of azide groups is 1. The van der Waals surface area contributed by atoms with Crippen LogP contribution in [-0.4, -0.2) is 17.6 Å². The second kappa shape index (κ2) is 6.05. The van der Waals surface area contributed by atoms with Gasteiger partial charge in [0.2, 0.25) is 0 Å². The van der Waals surface area contributed by atoms with Crippen LogP contribution in [0.4, 0.5) is 5.69 Å². The lowest BCUT2D eigenvalue weighted by Gasteiger charge is -1.99. The van der Waals surface area contributed by atoms with Crippen molar-refractivity contribution < 1.29 is 9.90 Å². The van der Waals surface area contributed by atoms with Crippen molar-refractivity contribution in [1.29, 1.82) is 0 Å². The number of benzene rings is 1. The van der Waals surface area contributed by atoms with Gasteiger partial charge in [0, 0.05) is 29.1 Å². The molecule has 0 fully saturated rings. The fourth-order valence-electron chi connectivity index (χ4n) is 1.12. The largest absolute Gasteiger partial charge is 0.478 e. The maximum atomic E-state index is 10.7. The number of anilines is 1. The van der Waals surface area contributed by atoms with Gasteiger partial charge >= 0.3 is 5.97 Å². The number of carboxylic acid groups (broad SMARTS) is 1. The first-order valence-corrected chi connectivity index (χ1v) is 4.77. The van der Waals surface area contributed by atoms with Crippen molar-refractivity contribution in [3.05, 3.63) is 39.8 Å². The fraction of sp³-hybridized carbons (Fsp3) is 0.182. The SMILES string of the molecule is [N-]=[N+]=NCCC#Cc1ccc(C(=O)O)cc1N. The maximum Gasteiger partial charge on any atom is 0.335 e. The minimum Gasteiger partial charge on any atom is -0.478 e. The van der Waals surface area contributed by atoms with Gasteiger partial charge in [0.05, 0.1) is 5.56 Å². The first-order valence-electron chi connectivity index (χ1n) is 4.77. The van der Waals surface area contributed by atoms with E-state index in [1.807, 2.05) is 0 Å². The molecule has 0 aliphatic rings. The molecule has 0 bridgehead atoms. The third-order valence-corrected chi connectivity index (χ3v) is 1.92.